The lowest BCUT2D eigenvalue weighted by molar-refractivity contribution is 0.105. The molecule has 4 heteroatoms. The van der Waals surface area contributed by atoms with Crippen LogP contribution in [0, 0.1) is 0 Å². The van der Waals surface area contributed by atoms with Crippen LogP contribution < -0.4 is 5.32 Å². The van der Waals surface area contributed by atoms with Gasteiger partial charge in [0.1, 0.15) is 0 Å². The summed E-state index contributed by atoms with van der Waals surface area (Å²) >= 11 is 5.44. The normalized spacial score (nSPS) is 20.1. The Morgan fingerprint density at radius 1 is 1.37 bits per heavy atom. The minimum atomic E-state index is 0.340. The summed E-state index contributed by atoms with van der Waals surface area (Å²) in [6, 6.07) is 4.98. The lowest BCUT2D eigenvalue weighted by Gasteiger charge is -2.43. The quantitative estimate of drug-likeness (QED) is 0.841. The SMILES string of the molecule is CCNC(Cc1ccc(Br)s1)C1(N(C)C)CCCC1. The van der Waals surface area contributed by atoms with E-state index in [9.17, 15) is 0 Å². The second-order valence-corrected chi connectivity index (χ2v) is 8.27. The first kappa shape index (κ1) is 15.5. The van der Waals surface area contributed by atoms with E-state index in [-0.39, 0.29) is 0 Å². The topological polar surface area (TPSA) is 15.3 Å². The van der Waals surface area contributed by atoms with E-state index in [4.69, 9.17) is 0 Å². The highest BCUT2D eigenvalue weighted by Gasteiger charge is 2.42. The maximum atomic E-state index is 3.75. The van der Waals surface area contributed by atoms with Gasteiger partial charge in [0.25, 0.3) is 0 Å². The molecule has 1 atom stereocenters. The second-order valence-electron chi connectivity index (χ2n) is 5.73. The monoisotopic (exact) mass is 344 g/mol. The van der Waals surface area contributed by atoms with Gasteiger partial charge < -0.3 is 10.2 Å². The molecule has 1 saturated carbocycles. The van der Waals surface area contributed by atoms with E-state index in [1.807, 2.05) is 11.3 Å². The summed E-state index contributed by atoms with van der Waals surface area (Å²) < 4.78 is 1.24. The predicted octanol–water partition coefficient (Wildman–Crippen LogP) is 3.91. The molecule has 1 unspecified atom stereocenters. The molecule has 2 nitrogen and oxygen atoms in total. The molecule has 1 aliphatic rings. The fourth-order valence-corrected chi connectivity index (χ4v) is 4.98. The average Bonchev–Trinajstić information content (AvgIpc) is 2.98. The van der Waals surface area contributed by atoms with Crippen molar-refractivity contribution in [3.63, 3.8) is 0 Å². The van der Waals surface area contributed by atoms with Gasteiger partial charge in [0.15, 0.2) is 0 Å². The summed E-state index contributed by atoms with van der Waals surface area (Å²) in [5.41, 5.74) is 0.340. The van der Waals surface area contributed by atoms with Gasteiger partial charge in [-0.1, -0.05) is 19.8 Å². The van der Waals surface area contributed by atoms with E-state index in [1.165, 1.54) is 34.3 Å². The van der Waals surface area contributed by atoms with Gasteiger partial charge in [-0.25, -0.2) is 0 Å². The number of nitrogens with zero attached hydrogens (tertiary/aromatic N) is 1. The van der Waals surface area contributed by atoms with Crippen molar-refractivity contribution in [3.8, 4) is 0 Å². The van der Waals surface area contributed by atoms with Gasteiger partial charge in [0, 0.05) is 16.5 Å². The van der Waals surface area contributed by atoms with Crippen molar-refractivity contribution in [1.82, 2.24) is 10.2 Å². The minimum Gasteiger partial charge on any atom is -0.312 e. The fourth-order valence-electron chi connectivity index (χ4n) is 3.46. The molecule has 1 heterocycles. The highest BCUT2D eigenvalue weighted by molar-refractivity contribution is 9.11. The van der Waals surface area contributed by atoms with Crippen LogP contribution in [0.1, 0.15) is 37.5 Å². The smallest absolute Gasteiger partial charge is 0.0701 e. The molecule has 0 spiro atoms. The van der Waals surface area contributed by atoms with Gasteiger partial charge in [-0.2, -0.15) is 0 Å². The van der Waals surface area contributed by atoms with Gasteiger partial charge in [-0.15, -0.1) is 11.3 Å². The third kappa shape index (κ3) is 3.41. The zero-order chi connectivity index (χ0) is 13.9. The number of nitrogens with one attached hydrogen (secondary N) is 1. The number of halogens is 1. The van der Waals surface area contributed by atoms with Crippen LogP contribution in [0.15, 0.2) is 15.9 Å². The third-order valence-electron chi connectivity index (χ3n) is 4.49. The third-order valence-corrected chi connectivity index (χ3v) is 6.14. The number of hydrogen-bond donors (Lipinski definition) is 1. The van der Waals surface area contributed by atoms with Crippen LogP contribution in [-0.4, -0.2) is 37.1 Å². The fraction of sp³-hybridized carbons (Fsp3) is 0.733. The Hall–Kier alpha value is 0.1000. The molecular formula is C15H25BrN2S. The maximum absolute atomic E-state index is 3.75. The van der Waals surface area contributed by atoms with Crippen LogP contribution in [-0.2, 0) is 6.42 Å². The van der Waals surface area contributed by atoms with E-state index < -0.39 is 0 Å². The number of rotatable bonds is 6. The van der Waals surface area contributed by atoms with Gasteiger partial charge in [0.05, 0.1) is 3.79 Å². The lowest BCUT2D eigenvalue weighted by Crippen LogP contribution is -2.58. The summed E-state index contributed by atoms with van der Waals surface area (Å²) in [6.07, 6.45) is 6.53. The Morgan fingerprint density at radius 2 is 2.05 bits per heavy atom. The largest absolute Gasteiger partial charge is 0.312 e. The number of likely N-dealkylation sites (N-methyl/N-ethyl adjacent to an activating group) is 2. The number of thiophene rings is 1. The number of hydrogen-bond acceptors (Lipinski definition) is 3. The molecule has 0 aromatic carbocycles. The Morgan fingerprint density at radius 3 is 2.53 bits per heavy atom. The first-order valence-electron chi connectivity index (χ1n) is 7.23. The highest BCUT2D eigenvalue weighted by Crippen LogP contribution is 2.38. The van der Waals surface area contributed by atoms with Crippen molar-refractivity contribution >= 4 is 27.3 Å². The van der Waals surface area contributed by atoms with Crippen molar-refractivity contribution < 1.29 is 0 Å². The standard InChI is InChI=1S/C15H25BrN2S/c1-4-17-13(11-12-7-8-14(16)19-12)15(18(2)3)9-5-6-10-15/h7-8,13,17H,4-6,9-11H2,1-3H3. The zero-order valence-corrected chi connectivity index (χ0v) is 14.6. The van der Waals surface area contributed by atoms with Gasteiger partial charge >= 0.3 is 0 Å². The maximum Gasteiger partial charge on any atom is 0.0701 e. The van der Waals surface area contributed by atoms with Crippen molar-refractivity contribution in [2.45, 2.75) is 50.6 Å². The summed E-state index contributed by atoms with van der Waals surface area (Å²) in [4.78, 5) is 3.95. The molecule has 2 rings (SSSR count). The van der Waals surface area contributed by atoms with Gasteiger partial charge in [-0.3, -0.25) is 0 Å². The van der Waals surface area contributed by atoms with Crippen molar-refractivity contribution in [3.05, 3.63) is 20.8 Å². The van der Waals surface area contributed by atoms with Crippen LogP contribution in [0.4, 0.5) is 0 Å². The molecule has 1 aromatic heterocycles. The molecule has 1 aliphatic carbocycles. The van der Waals surface area contributed by atoms with Crippen molar-refractivity contribution in [2.75, 3.05) is 20.6 Å². The van der Waals surface area contributed by atoms with E-state index in [1.54, 1.807) is 0 Å². The van der Waals surface area contributed by atoms with Crippen LogP contribution in [0.2, 0.25) is 0 Å². The molecular weight excluding hydrogens is 320 g/mol. The Labute approximate surface area is 129 Å². The average molecular weight is 345 g/mol. The molecule has 1 fully saturated rings. The first-order chi connectivity index (χ1) is 9.08. The van der Waals surface area contributed by atoms with E-state index >= 15 is 0 Å². The lowest BCUT2D eigenvalue weighted by atomic mass is 9.84. The summed E-state index contributed by atoms with van der Waals surface area (Å²) in [5, 5.41) is 3.75. The van der Waals surface area contributed by atoms with Crippen molar-refractivity contribution in [1.29, 1.82) is 0 Å². The van der Waals surface area contributed by atoms with Gasteiger partial charge in [0.2, 0.25) is 0 Å². The zero-order valence-electron chi connectivity index (χ0n) is 12.2. The Balaban J connectivity index is 2.18. The van der Waals surface area contributed by atoms with Crippen molar-refractivity contribution in [2.24, 2.45) is 0 Å². The van der Waals surface area contributed by atoms with Crippen LogP contribution >= 0.6 is 27.3 Å². The second kappa shape index (κ2) is 6.70. The van der Waals surface area contributed by atoms with Crippen LogP contribution in [0.5, 0.6) is 0 Å². The minimum absolute atomic E-state index is 0.340. The highest BCUT2D eigenvalue weighted by atomic mass is 79.9. The predicted molar refractivity (Wildman–Crippen MR) is 88.1 cm³/mol. The summed E-state index contributed by atoms with van der Waals surface area (Å²) in [5.74, 6) is 0. The molecule has 0 bridgehead atoms. The molecule has 19 heavy (non-hydrogen) atoms. The molecule has 108 valence electrons. The molecule has 0 saturated heterocycles. The molecule has 0 radical (unpaired) electrons. The molecule has 1 aromatic rings. The summed E-state index contributed by atoms with van der Waals surface area (Å²) in [7, 11) is 4.50. The van der Waals surface area contributed by atoms with E-state index in [0.717, 1.165) is 13.0 Å². The molecule has 0 amide bonds. The molecule has 1 N–H and O–H groups in total. The van der Waals surface area contributed by atoms with Crippen LogP contribution in [0.3, 0.4) is 0 Å². The van der Waals surface area contributed by atoms with Crippen LogP contribution in [0.25, 0.3) is 0 Å². The summed E-state index contributed by atoms with van der Waals surface area (Å²) in [6.45, 7) is 3.27. The molecule has 0 aliphatic heterocycles. The van der Waals surface area contributed by atoms with E-state index in [2.05, 4.69) is 59.3 Å². The first-order valence-corrected chi connectivity index (χ1v) is 8.84. The Bertz CT molecular complexity index is 397. The Kier molecular flexibility index (Phi) is 5.46. The van der Waals surface area contributed by atoms with Gasteiger partial charge in [-0.05, 0) is 68.0 Å². The van der Waals surface area contributed by atoms with E-state index in [0.29, 0.717) is 11.6 Å².